The molecular weight excluding hydrogens is 268 g/mol. The standard InChI is InChI=1S/C12H15BrN2O/c1-9-3-2-5-14-11(9)12(16)15-6-4-10(7-13)8-15/h2-3,5,10H,4,6-8H2,1H3. The van der Waals surface area contributed by atoms with Crippen molar-refractivity contribution in [2.45, 2.75) is 13.3 Å². The lowest BCUT2D eigenvalue weighted by Crippen LogP contribution is -2.30. The monoisotopic (exact) mass is 282 g/mol. The maximum Gasteiger partial charge on any atom is 0.272 e. The predicted octanol–water partition coefficient (Wildman–Crippen LogP) is 2.25. The van der Waals surface area contributed by atoms with E-state index in [1.807, 2.05) is 24.0 Å². The Balaban J connectivity index is 2.12. The first-order chi connectivity index (χ1) is 7.72. The van der Waals surface area contributed by atoms with E-state index in [2.05, 4.69) is 20.9 Å². The van der Waals surface area contributed by atoms with Crippen molar-refractivity contribution in [1.82, 2.24) is 9.88 Å². The van der Waals surface area contributed by atoms with Crippen molar-refractivity contribution < 1.29 is 4.79 Å². The van der Waals surface area contributed by atoms with Gasteiger partial charge < -0.3 is 4.90 Å². The zero-order chi connectivity index (χ0) is 11.5. The molecule has 2 rings (SSSR count). The summed E-state index contributed by atoms with van der Waals surface area (Å²) in [6, 6.07) is 3.79. The SMILES string of the molecule is Cc1cccnc1C(=O)N1CCC(CBr)C1. The number of hydrogen-bond acceptors (Lipinski definition) is 2. The van der Waals surface area contributed by atoms with Gasteiger partial charge in [-0.3, -0.25) is 9.78 Å². The Bertz CT molecular complexity index is 394. The van der Waals surface area contributed by atoms with Gasteiger partial charge in [-0.1, -0.05) is 22.0 Å². The number of hydrogen-bond donors (Lipinski definition) is 0. The maximum atomic E-state index is 12.2. The number of aryl methyl sites for hydroxylation is 1. The van der Waals surface area contributed by atoms with Crippen molar-refractivity contribution in [3.63, 3.8) is 0 Å². The average molecular weight is 283 g/mol. The van der Waals surface area contributed by atoms with Gasteiger partial charge in [0.2, 0.25) is 0 Å². The molecule has 0 radical (unpaired) electrons. The van der Waals surface area contributed by atoms with Crippen LogP contribution in [-0.2, 0) is 0 Å². The zero-order valence-electron chi connectivity index (χ0n) is 9.32. The Labute approximate surface area is 104 Å². The Kier molecular flexibility index (Phi) is 3.59. The molecule has 1 aromatic heterocycles. The molecule has 1 aliphatic heterocycles. The van der Waals surface area contributed by atoms with Crippen molar-refractivity contribution in [1.29, 1.82) is 0 Å². The first kappa shape index (κ1) is 11.6. The summed E-state index contributed by atoms with van der Waals surface area (Å²) in [6.45, 7) is 3.63. The summed E-state index contributed by atoms with van der Waals surface area (Å²) in [5.74, 6) is 0.662. The van der Waals surface area contributed by atoms with Gasteiger partial charge in [0.05, 0.1) is 0 Å². The van der Waals surface area contributed by atoms with E-state index < -0.39 is 0 Å². The normalized spacial score (nSPS) is 20.1. The number of carbonyl (C=O) groups excluding carboxylic acids is 1. The number of halogens is 1. The van der Waals surface area contributed by atoms with Crippen LogP contribution in [0, 0.1) is 12.8 Å². The highest BCUT2D eigenvalue weighted by molar-refractivity contribution is 9.09. The van der Waals surface area contributed by atoms with Crippen LogP contribution in [0.3, 0.4) is 0 Å². The largest absolute Gasteiger partial charge is 0.337 e. The molecule has 1 fully saturated rings. The third kappa shape index (κ3) is 2.26. The molecule has 1 amide bonds. The molecule has 1 aliphatic rings. The minimum absolute atomic E-state index is 0.0709. The minimum Gasteiger partial charge on any atom is -0.337 e. The van der Waals surface area contributed by atoms with Crippen molar-refractivity contribution in [2.24, 2.45) is 5.92 Å². The molecule has 4 heteroatoms. The van der Waals surface area contributed by atoms with E-state index >= 15 is 0 Å². The van der Waals surface area contributed by atoms with Gasteiger partial charge in [-0.15, -0.1) is 0 Å². The maximum absolute atomic E-state index is 12.2. The van der Waals surface area contributed by atoms with Crippen LogP contribution in [0.15, 0.2) is 18.3 Å². The Hall–Kier alpha value is -0.900. The van der Waals surface area contributed by atoms with Crippen LogP contribution in [0.2, 0.25) is 0 Å². The molecule has 3 nitrogen and oxygen atoms in total. The number of nitrogens with zero attached hydrogens (tertiary/aromatic N) is 2. The quantitative estimate of drug-likeness (QED) is 0.780. The van der Waals surface area contributed by atoms with Gasteiger partial charge in [0.15, 0.2) is 0 Å². The lowest BCUT2D eigenvalue weighted by molar-refractivity contribution is 0.0782. The zero-order valence-corrected chi connectivity index (χ0v) is 10.9. The summed E-state index contributed by atoms with van der Waals surface area (Å²) in [5, 5.41) is 0.970. The Morgan fingerprint density at radius 1 is 1.69 bits per heavy atom. The summed E-state index contributed by atoms with van der Waals surface area (Å²) < 4.78 is 0. The Morgan fingerprint density at radius 2 is 2.50 bits per heavy atom. The summed E-state index contributed by atoms with van der Waals surface area (Å²) in [5.41, 5.74) is 1.55. The predicted molar refractivity (Wildman–Crippen MR) is 66.8 cm³/mol. The molecule has 1 aromatic rings. The number of carbonyl (C=O) groups is 1. The molecule has 2 heterocycles. The molecule has 0 aliphatic carbocycles. The van der Waals surface area contributed by atoms with E-state index in [9.17, 15) is 4.79 Å². The number of alkyl halides is 1. The van der Waals surface area contributed by atoms with Crippen LogP contribution in [0.1, 0.15) is 22.5 Å². The number of pyridine rings is 1. The molecule has 0 N–H and O–H groups in total. The smallest absolute Gasteiger partial charge is 0.272 e. The van der Waals surface area contributed by atoms with E-state index in [1.54, 1.807) is 6.20 Å². The first-order valence-electron chi connectivity index (χ1n) is 5.49. The molecule has 16 heavy (non-hydrogen) atoms. The van der Waals surface area contributed by atoms with Crippen LogP contribution in [0.5, 0.6) is 0 Å². The van der Waals surface area contributed by atoms with Crippen LogP contribution < -0.4 is 0 Å². The van der Waals surface area contributed by atoms with E-state index in [-0.39, 0.29) is 5.91 Å². The lowest BCUT2D eigenvalue weighted by Gasteiger charge is -2.16. The number of rotatable bonds is 2. The third-order valence-corrected chi connectivity index (χ3v) is 3.92. The molecule has 0 saturated carbocycles. The van der Waals surface area contributed by atoms with Crippen molar-refractivity contribution >= 4 is 21.8 Å². The van der Waals surface area contributed by atoms with Crippen LogP contribution in [0.4, 0.5) is 0 Å². The van der Waals surface area contributed by atoms with Gasteiger partial charge in [-0.25, -0.2) is 0 Å². The second kappa shape index (κ2) is 4.95. The van der Waals surface area contributed by atoms with Gasteiger partial charge in [-0.05, 0) is 30.9 Å². The van der Waals surface area contributed by atoms with Gasteiger partial charge in [0.25, 0.3) is 5.91 Å². The topological polar surface area (TPSA) is 33.2 Å². The van der Waals surface area contributed by atoms with E-state index in [1.165, 1.54) is 0 Å². The average Bonchev–Trinajstić information content (AvgIpc) is 2.77. The molecular formula is C12H15BrN2O. The molecule has 1 unspecified atom stereocenters. The molecule has 1 saturated heterocycles. The van der Waals surface area contributed by atoms with E-state index in [4.69, 9.17) is 0 Å². The molecule has 86 valence electrons. The summed E-state index contributed by atoms with van der Waals surface area (Å²) in [6.07, 6.45) is 2.77. The molecule has 0 spiro atoms. The summed E-state index contributed by atoms with van der Waals surface area (Å²) >= 11 is 3.47. The fourth-order valence-electron chi connectivity index (χ4n) is 2.00. The lowest BCUT2D eigenvalue weighted by atomic mass is 10.2. The van der Waals surface area contributed by atoms with Gasteiger partial charge in [-0.2, -0.15) is 0 Å². The highest BCUT2D eigenvalue weighted by atomic mass is 79.9. The summed E-state index contributed by atoms with van der Waals surface area (Å²) in [4.78, 5) is 18.3. The fourth-order valence-corrected chi connectivity index (χ4v) is 2.53. The third-order valence-electron chi connectivity index (χ3n) is 3.00. The highest BCUT2D eigenvalue weighted by Gasteiger charge is 2.27. The fraction of sp³-hybridized carbons (Fsp3) is 0.500. The number of amides is 1. The number of likely N-dealkylation sites (tertiary alicyclic amines) is 1. The van der Waals surface area contributed by atoms with E-state index in [0.717, 1.165) is 30.4 Å². The van der Waals surface area contributed by atoms with Crippen LogP contribution in [0.25, 0.3) is 0 Å². The van der Waals surface area contributed by atoms with Gasteiger partial charge in [0, 0.05) is 24.6 Å². The van der Waals surface area contributed by atoms with E-state index in [0.29, 0.717) is 11.6 Å². The first-order valence-corrected chi connectivity index (χ1v) is 6.61. The molecule has 1 atom stereocenters. The van der Waals surface area contributed by atoms with Crippen molar-refractivity contribution in [2.75, 3.05) is 18.4 Å². The highest BCUT2D eigenvalue weighted by Crippen LogP contribution is 2.20. The minimum atomic E-state index is 0.0709. The second-order valence-electron chi connectivity index (χ2n) is 4.23. The van der Waals surface area contributed by atoms with Crippen molar-refractivity contribution in [3.05, 3.63) is 29.6 Å². The second-order valence-corrected chi connectivity index (χ2v) is 4.88. The summed E-state index contributed by atoms with van der Waals surface area (Å²) in [7, 11) is 0. The van der Waals surface area contributed by atoms with Gasteiger partial charge >= 0.3 is 0 Å². The van der Waals surface area contributed by atoms with Crippen molar-refractivity contribution in [3.8, 4) is 0 Å². The molecule has 0 aromatic carbocycles. The van der Waals surface area contributed by atoms with Crippen LogP contribution in [-0.4, -0.2) is 34.2 Å². The number of aromatic nitrogens is 1. The molecule has 0 bridgehead atoms. The van der Waals surface area contributed by atoms with Crippen LogP contribution >= 0.6 is 15.9 Å². The Morgan fingerprint density at radius 3 is 3.12 bits per heavy atom. The van der Waals surface area contributed by atoms with Gasteiger partial charge in [0.1, 0.15) is 5.69 Å².